The molecule has 1 aliphatic rings. The highest BCUT2D eigenvalue weighted by Gasteiger charge is 2.27. The smallest absolute Gasteiger partial charge is 0.439 e. The summed E-state index contributed by atoms with van der Waals surface area (Å²) in [6.45, 7) is 0.246. The first-order chi connectivity index (χ1) is 23.4. The zero-order valence-corrected chi connectivity index (χ0v) is 26.3. The van der Waals surface area contributed by atoms with Gasteiger partial charge in [-0.25, -0.2) is 19.0 Å². The first-order valence-electron chi connectivity index (χ1n) is 14.4. The average Bonchev–Trinajstić information content (AvgIpc) is 3.79. The van der Waals surface area contributed by atoms with E-state index in [9.17, 15) is 33.5 Å². The number of hydrogen-bond acceptors (Lipinski definition) is 14. The summed E-state index contributed by atoms with van der Waals surface area (Å²) in [7, 11) is 0. The van der Waals surface area contributed by atoms with Crippen LogP contribution in [0.5, 0.6) is 0 Å². The molecule has 258 valence electrons. The van der Waals surface area contributed by atoms with Crippen LogP contribution in [0.2, 0.25) is 0 Å². The van der Waals surface area contributed by atoms with Gasteiger partial charge in [-0.1, -0.05) is 23.4 Å². The average molecular weight is 708 g/mol. The Kier molecular flexibility index (Phi) is 9.37. The van der Waals surface area contributed by atoms with E-state index in [2.05, 4.69) is 35.3 Å². The van der Waals surface area contributed by atoms with E-state index in [0.717, 1.165) is 21.6 Å². The van der Waals surface area contributed by atoms with Crippen molar-refractivity contribution in [2.75, 3.05) is 22.5 Å². The maximum atomic E-state index is 13.4. The molecule has 20 heteroatoms. The van der Waals surface area contributed by atoms with Crippen LogP contribution in [0, 0.1) is 5.82 Å². The molecule has 18 nitrogen and oxygen atoms in total. The molecular formula is C30H27ClFN11O7. The number of nitrogens with zero attached hydrogens (tertiary/aromatic N) is 4. The second-order valence-electron chi connectivity index (χ2n) is 10.9. The molecule has 12 N–H and O–H groups in total. The first kappa shape index (κ1) is 34.7. The second kappa shape index (κ2) is 13.5. The summed E-state index contributed by atoms with van der Waals surface area (Å²) in [4.78, 5) is 68.3. The van der Waals surface area contributed by atoms with Gasteiger partial charge < -0.3 is 38.7 Å². The molecular weight excluding hydrogens is 681 g/mol. The lowest BCUT2D eigenvalue weighted by Gasteiger charge is -2.15. The highest BCUT2D eigenvalue weighted by molar-refractivity contribution is 5.97. The number of carbonyl (C=O) groups excluding carboxylic acids is 1. The third-order valence-electron chi connectivity index (χ3n) is 7.81. The van der Waals surface area contributed by atoms with Gasteiger partial charge in [0.25, 0.3) is 16.8 Å². The normalized spacial score (nSPS) is 13.3. The van der Waals surface area contributed by atoms with E-state index in [0.29, 0.717) is 29.8 Å². The summed E-state index contributed by atoms with van der Waals surface area (Å²) in [5.74, 6) is -2.95. The Hall–Kier alpha value is -6.60. The number of aromatic nitrogens is 5. The summed E-state index contributed by atoms with van der Waals surface area (Å²) < 4.78 is 19.0. The number of rotatable bonds is 7. The van der Waals surface area contributed by atoms with E-state index in [-0.39, 0.29) is 70.9 Å². The largest absolute Gasteiger partial charge is 0.477 e. The Balaban J connectivity index is 0.000000229. The van der Waals surface area contributed by atoms with E-state index in [1.54, 1.807) is 6.07 Å². The number of halogens is 2. The fourth-order valence-corrected chi connectivity index (χ4v) is 5.37. The minimum atomic E-state index is -1.31. The zero-order chi connectivity index (χ0) is 35.1. The molecule has 0 radical (unpaired) electrons. The lowest BCUT2D eigenvalue weighted by Crippen LogP contribution is -2.36. The van der Waals surface area contributed by atoms with Crippen molar-refractivity contribution >= 4 is 58.8 Å². The van der Waals surface area contributed by atoms with Crippen molar-refractivity contribution in [1.29, 1.82) is 0 Å². The molecule has 3 aromatic heterocycles. The highest BCUT2D eigenvalue weighted by atomic mass is 35.5. The van der Waals surface area contributed by atoms with Crippen molar-refractivity contribution in [3.63, 3.8) is 0 Å². The van der Waals surface area contributed by atoms with Crippen LogP contribution in [0.15, 0.2) is 61.4 Å². The number of amides is 1. The minimum Gasteiger partial charge on any atom is -0.477 e. The number of anilines is 5. The van der Waals surface area contributed by atoms with Crippen LogP contribution in [0.3, 0.4) is 0 Å². The van der Waals surface area contributed by atoms with E-state index < -0.39 is 34.3 Å². The van der Waals surface area contributed by atoms with Crippen molar-refractivity contribution in [2.45, 2.75) is 25.4 Å². The van der Waals surface area contributed by atoms with Crippen molar-refractivity contribution in [3.05, 3.63) is 107 Å². The molecule has 6 aromatic rings. The lowest BCUT2D eigenvalue weighted by molar-refractivity contribution is 0.0688. The number of aryl methyl sites for hydroxylation is 1. The van der Waals surface area contributed by atoms with E-state index in [1.165, 1.54) is 18.2 Å². The van der Waals surface area contributed by atoms with Gasteiger partial charge in [-0.15, -0.1) is 12.4 Å². The molecule has 3 aromatic carbocycles. The molecule has 0 aliphatic heterocycles. The molecule has 0 saturated carbocycles. The molecule has 0 unspecified atom stereocenters. The van der Waals surface area contributed by atoms with E-state index in [4.69, 9.17) is 22.9 Å². The third-order valence-corrected chi connectivity index (χ3v) is 7.81. The van der Waals surface area contributed by atoms with Crippen LogP contribution < -0.4 is 50.2 Å². The number of hydrogen-bond donors (Lipinski definition) is 8. The van der Waals surface area contributed by atoms with Crippen LogP contribution in [0.4, 0.5) is 33.2 Å². The number of carboxylic acids is 1. The van der Waals surface area contributed by atoms with Crippen LogP contribution in [-0.2, 0) is 13.0 Å². The molecule has 50 heavy (non-hydrogen) atoms. The minimum absolute atomic E-state index is 0. The monoisotopic (exact) mass is 707 g/mol. The summed E-state index contributed by atoms with van der Waals surface area (Å²) in [5.41, 5.74) is 23.5. The zero-order valence-electron chi connectivity index (χ0n) is 25.5. The van der Waals surface area contributed by atoms with Gasteiger partial charge in [-0.3, -0.25) is 28.3 Å². The van der Waals surface area contributed by atoms with Gasteiger partial charge >= 0.3 is 11.7 Å². The number of benzene rings is 2. The topological polar surface area (TPSA) is 306 Å². The highest BCUT2D eigenvalue weighted by Crippen LogP contribution is 2.34. The number of H-pyrrole nitrogens is 1. The number of fused-ring (bicyclic) bond motifs is 2. The van der Waals surface area contributed by atoms with Gasteiger partial charge in [-0.05, 0) is 47.7 Å². The summed E-state index contributed by atoms with van der Waals surface area (Å²) in [6.07, 6.45) is 1.32. The quantitative estimate of drug-likeness (QED) is 0.107. The maximum absolute atomic E-state index is 13.4. The number of imidazole rings is 1. The summed E-state index contributed by atoms with van der Waals surface area (Å²) in [6, 6.07) is 10.5. The fourth-order valence-electron chi connectivity index (χ4n) is 5.37. The SMILES string of the molecule is Cl.NCc1ccc(F)c(Nc2c(N)c(=O)c2=O)c1.Nc1nc(N)n2c(C(=O)O)cc(C(=O)N[C@H]3CCc4cc(-c5noc(=O)[nH]5)ccc43)nc12. The van der Waals surface area contributed by atoms with Crippen LogP contribution in [-0.4, -0.2) is 41.5 Å². The summed E-state index contributed by atoms with van der Waals surface area (Å²) >= 11 is 0. The number of carboxylic acid groups (broad SMARTS) is 1. The second-order valence-corrected chi connectivity index (χ2v) is 10.9. The van der Waals surface area contributed by atoms with Crippen molar-refractivity contribution in [3.8, 4) is 11.4 Å². The van der Waals surface area contributed by atoms with Crippen LogP contribution >= 0.6 is 12.4 Å². The molecule has 1 aliphatic carbocycles. The van der Waals surface area contributed by atoms with Gasteiger partial charge in [-0.2, -0.15) is 4.98 Å². The van der Waals surface area contributed by atoms with Gasteiger partial charge in [0.1, 0.15) is 28.6 Å². The molecule has 1 atom stereocenters. The fraction of sp³-hybridized carbons (Fsp3) is 0.133. The van der Waals surface area contributed by atoms with Crippen molar-refractivity contribution in [1.82, 2.24) is 29.8 Å². The molecule has 3 heterocycles. The Morgan fingerprint density at radius 3 is 2.48 bits per heavy atom. The Labute approximate surface area is 284 Å². The van der Waals surface area contributed by atoms with Gasteiger partial charge in [0.15, 0.2) is 17.3 Å². The maximum Gasteiger partial charge on any atom is 0.439 e. The number of nitrogen functional groups attached to an aromatic ring is 3. The molecule has 7 rings (SSSR count). The van der Waals surface area contributed by atoms with Gasteiger partial charge in [0.05, 0.1) is 11.7 Å². The third kappa shape index (κ3) is 6.32. The van der Waals surface area contributed by atoms with Crippen molar-refractivity contribution in [2.24, 2.45) is 5.73 Å². The first-order valence-corrected chi connectivity index (χ1v) is 14.4. The summed E-state index contributed by atoms with van der Waals surface area (Å²) in [5, 5.41) is 18.6. The number of nitrogens with two attached hydrogens (primary N) is 4. The van der Waals surface area contributed by atoms with Gasteiger partial charge in [0.2, 0.25) is 5.95 Å². The van der Waals surface area contributed by atoms with Gasteiger partial charge in [0, 0.05) is 18.2 Å². The van der Waals surface area contributed by atoms with Crippen LogP contribution in [0.1, 0.15) is 50.1 Å². The Bertz CT molecular complexity index is 2430. The molecule has 0 spiro atoms. The molecule has 0 fully saturated rings. The Morgan fingerprint density at radius 1 is 1.06 bits per heavy atom. The molecule has 1 amide bonds. The van der Waals surface area contributed by atoms with Crippen LogP contribution in [0.25, 0.3) is 17.0 Å². The number of aromatic carboxylic acids is 1. The molecule has 0 bridgehead atoms. The predicted octanol–water partition coefficient (Wildman–Crippen LogP) is 0.981. The number of aromatic amines is 1. The lowest BCUT2D eigenvalue weighted by atomic mass is 10.0. The number of nitrogens with one attached hydrogen (secondary N) is 3. The van der Waals surface area contributed by atoms with E-state index in [1.807, 2.05) is 12.1 Å². The number of carbonyl (C=O) groups is 2. The van der Waals surface area contributed by atoms with E-state index >= 15 is 0 Å². The predicted molar refractivity (Wildman–Crippen MR) is 180 cm³/mol. The Morgan fingerprint density at radius 2 is 1.82 bits per heavy atom. The standard InChI is InChI=1S/C19H16N8O5.C11H10FN3O2.ClH/c20-13-15-22-11(6-12(17(29)30)27(15)18(21)24-13)16(28)23-10-4-2-7-5-8(1-3-9(7)10)14-25-19(31)32-26-14;12-6-2-1-5(4-13)3-7(6)15-9-8(14)10(16)11(9)17;/h1,3,5-6,10H,2,4,20H2,(H2,21,24)(H,23,28)(H,29,30)(H,25,26,31);1-3,15H,4,13-14H2;1H/t10-;;/m0../s1. The van der Waals surface area contributed by atoms with Crippen molar-refractivity contribution < 1.29 is 23.6 Å². The molecule has 0 saturated heterocycles.